The highest BCUT2D eigenvalue weighted by atomic mass is 35.5. The predicted octanol–water partition coefficient (Wildman–Crippen LogP) is 5.15. The van der Waals surface area contributed by atoms with Crippen molar-refractivity contribution in [2.45, 2.75) is 0 Å². The number of nitrogens with zero attached hydrogens (tertiary/aromatic N) is 3. The monoisotopic (exact) mass is 496 g/mol. The van der Waals surface area contributed by atoms with Crippen LogP contribution in [0.5, 0.6) is 0 Å². The van der Waals surface area contributed by atoms with Gasteiger partial charge in [-0.3, -0.25) is 19.1 Å². The Morgan fingerprint density at radius 3 is 2.39 bits per heavy atom. The van der Waals surface area contributed by atoms with Crippen molar-refractivity contribution in [2.24, 2.45) is 0 Å². The number of fused-ring (bicyclic) bond motifs is 3. The van der Waals surface area contributed by atoms with Crippen LogP contribution >= 0.6 is 11.6 Å². The smallest absolute Gasteiger partial charge is 0.255 e. The van der Waals surface area contributed by atoms with Gasteiger partial charge in [-0.15, -0.1) is 0 Å². The fourth-order valence-electron chi connectivity index (χ4n) is 4.25. The highest BCUT2D eigenvalue weighted by Crippen LogP contribution is 2.30. The highest BCUT2D eigenvalue weighted by Gasteiger charge is 2.13. The number of halogens is 1. The molecule has 7 heteroatoms. The van der Waals surface area contributed by atoms with Crippen LogP contribution in [-0.4, -0.2) is 47.5 Å². The molecule has 3 aromatic carbocycles. The molecule has 0 aliphatic heterocycles. The first-order valence-corrected chi connectivity index (χ1v) is 12.0. The third-order valence-electron chi connectivity index (χ3n) is 6.13. The molecule has 0 spiro atoms. The second-order valence-corrected chi connectivity index (χ2v) is 9.35. The number of carbonyl (C=O) groups excluding carboxylic acids is 1. The molecule has 2 aromatic heterocycles. The van der Waals surface area contributed by atoms with E-state index < -0.39 is 0 Å². The van der Waals surface area contributed by atoms with E-state index in [0.717, 1.165) is 39.5 Å². The Labute approximate surface area is 213 Å². The highest BCUT2D eigenvalue weighted by molar-refractivity contribution is 6.30. The molecular weight excluding hydrogens is 472 g/mol. The third kappa shape index (κ3) is 4.73. The van der Waals surface area contributed by atoms with Crippen molar-refractivity contribution in [1.82, 2.24) is 19.8 Å². The lowest BCUT2D eigenvalue weighted by Crippen LogP contribution is -2.31. The van der Waals surface area contributed by atoms with Crippen LogP contribution in [0.25, 0.3) is 38.6 Å². The Morgan fingerprint density at radius 2 is 1.67 bits per heavy atom. The van der Waals surface area contributed by atoms with E-state index in [0.29, 0.717) is 22.8 Å². The van der Waals surface area contributed by atoms with Crippen LogP contribution < -0.4 is 10.9 Å². The summed E-state index contributed by atoms with van der Waals surface area (Å²) in [6.45, 7) is 1.32. The minimum atomic E-state index is -0.157. The molecule has 1 amide bonds. The summed E-state index contributed by atoms with van der Waals surface area (Å²) in [4.78, 5) is 32.3. The van der Waals surface area contributed by atoms with Crippen molar-refractivity contribution < 1.29 is 4.79 Å². The van der Waals surface area contributed by atoms with Crippen molar-refractivity contribution in [3.8, 4) is 16.8 Å². The first-order chi connectivity index (χ1) is 17.4. The van der Waals surface area contributed by atoms with Gasteiger partial charge in [0, 0.05) is 52.4 Å². The van der Waals surface area contributed by atoms with Crippen LogP contribution in [-0.2, 0) is 0 Å². The maximum absolute atomic E-state index is 13.1. The SMILES string of the molecule is CN(C)CCNC(=O)c1ccc(-n2c(=O)ccc3cnc4ccc(-c5ccc(Cl)cc5)cc4c32)cc1. The van der Waals surface area contributed by atoms with Gasteiger partial charge in [0.25, 0.3) is 11.5 Å². The first kappa shape index (κ1) is 23.7. The average Bonchev–Trinajstić information content (AvgIpc) is 2.88. The molecule has 5 rings (SSSR count). The van der Waals surface area contributed by atoms with Crippen LogP contribution in [0.2, 0.25) is 5.02 Å². The standard InChI is InChI=1S/C29H25ClN4O2/c1-33(2)16-15-31-29(36)20-5-11-24(12-6-20)34-27(35)14-8-22-18-32-26-13-7-21(17-25(26)28(22)34)19-3-9-23(30)10-4-19/h3-14,17-18H,15-16H2,1-2H3,(H,31,36). The molecule has 0 aliphatic carbocycles. The first-order valence-electron chi connectivity index (χ1n) is 11.6. The summed E-state index contributed by atoms with van der Waals surface area (Å²) in [6.07, 6.45) is 1.78. The second-order valence-electron chi connectivity index (χ2n) is 8.91. The Kier molecular flexibility index (Phi) is 6.55. The van der Waals surface area contributed by atoms with Gasteiger partial charge in [0.2, 0.25) is 0 Å². The van der Waals surface area contributed by atoms with Crippen LogP contribution in [0.3, 0.4) is 0 Å². The van der Waals surface area contributed by atoms with Crippen molar-refractivity contribution in [3.63, 3.8) is 0 Å². The zero-order valence-electron chi connectivity index (χ0n) is 20.0. The van der Waals surface area contributed by atoms with Crippen molar-refractivity contribution >= 4 is 39.3 Å². The molecule has 0 saturated heterocycles. The molecule has 180 valence electrons. The summed E-state index contributed by atoms with van der Waals surface area (Å²) < 4.78 is 1.68. The number of amides is 1. The molecule has 0 atom stereocenters. The molecule has 36 heavy (non-hydrogen) atoms. The zero-order valence-corrected chi connectivity index (χ0v) is 20.8. The fourth-order valence-corrected chi connectivity index (χ4v) is 4.37. The summed E-state index contributed by atoms with van der Waals surface area (Å²) in [7, 11) is 3.92. The molecule has 0 fully saturated rings. The van der Waals surface area contributed by atoms with E-state index in [-0.39, 0.29) is 11.5 Å². The van der Waals surface area contributed by atoms with Gasteiger partial charge >= 0.3 is 0 Å². The topological polar surface area (TPSA) is 67.2 Å². The normalized spacial score (nSPS) is 11.3. The Balaban J connectivity index is 1.60. The maximum Gasteiger partial charge on any atom is 0.255 e. The number of rotatable bonds is 6. The van der Waals surface area contributed by atoms with Gasteiger partial charge in [-0.2, -0.15) is 0 Å². The third-order valence-corrected chi connectivity index (χ3v) is 6.38. The lowest BCUT2D eigenvalue weighted by atomic mass is 10.0. The molecule has 6 nitrogen and oxygen atoms in total. The second kappa shape index (κ2) is 9.93. The maximum atomic E-state index is 13.1. The number of benzene rings is 3. The van der Waals surface area contributed by atoms with Crippen LogP contribution in [0.15, 0.2) is 89.9 Å². The van der Waals surface area contributed by atoms with Crippen molar-refractivity contribution in [1.29, 1.82) is 0 Å². The van der Waals surface area contributed by atoms with Gasteiger partial charge in [-0.1, -0.05) is 29.8 Å². The van der Waals surface area contributed by atoms with Crippen molar-refractivity contribution in [2.75, 3.05) is 27.2 Å². The molecular formula is C29H25ClN4O2. The summed E-state index contributed by atoms with van der Waals surface area (Å²) in [5.41, 5.74) is 4.65. The molecule has 5 aromatic rings. The number of hydrogen-bond donors (Lipinski definition) is 1. The van der Waals surface area contributed by atoms with E-state index >= 15 is 0 Å². The van der Waals surface area contributed by atoms with E-state index in [1.165, 1.54) is 0 Å². The van der Waals surface area contributed by atoms with Crippen molar-refractivity contribution in [3.05, 3.63) is 106 Å². The molecule has 2 heterocycles. The Bertz CT molecular complexity index is 1620. The summed E-state index contributed by atoms with van der Waals surface area (Å²) in [5, 5.41) is 5.30. The van der Waals surface area contributed by atoms with Crippen LogP contribution in [0, 0.1) is 0 Å². The summed E-state index contributed by atoms with van der Waals surface area (Å²) in [5.74, 6) is -0.143. The molecule has 0 saturated carbocycles. The largest absolute Gasteiger partial charge is 0.351 e. The molecule has 0 bridgehead atoms. The van der Waals surface area contributed by atoms with E-state index in [4.69, 9.17) is 11.6 Å². The lowest BCUT2D eigenvalue weighted by molar-refractivity contribution is 0.0951. The van der Waals surface area contributed by atoms with Crippen LogP contribution in [0.4, 0.5) is 0 Å². The number of likely N-dealkylation sites (N-methyl/N-ethyl adjacent to an activating group) is 1. The summed E-state index contributed by atoms with van der Waals surface area (Å²) in [6, 6.07) is 24.1. The Hall–Kier alpha value is -4.00. The number of hydrogen-bond acceptors (Lipinski definition) is 4. The lowest BCUT2D eigenvalue weighted by Gasteiger charge is -2.14. The fraction of sp³-hybridized carbons (Fsp3) is 0.138. The number of pyridine rings is 2. The minimum absolute atomic E-state index is 0.143. The molecule has 0 radical (unpaired) electrons. The van der Waals surface area contributed by atoms with Gasteiger partial charge in [-0.25, -0.2) is 0 Å². The molecule has 1 N–H and O–H groups in total. The number of nitrogens with one attached hydrogen (secondary N) is 1. The van der Waals surface area contributed by atoms with E-state index in [1.54, 1.807) is 47.2 Å². The average molecular weight is 497 g/mol. The van der Waals surface area contributed by atoms with Gasteiger partial charge in [0.15, 0.2) is 0 Å². The Morgan fingerprint density at radius 1 is 0.944 bits per heavy atom. The van der Waals surface area contributed by atoms with E-state index in [2.05, 4.69) is 16.4 Å². The predicted molar refractivity (Wildman–Crippen MR) is 146 cm³/mol. The van der Waals surface area contributed by atoms with Gasteiger partial charge in [0.1, 0.15) is 0 Å². The quantitative estimate of drug-likeness (QED) is 0.330. The van der Waals surface area contributed by atoms with Gasteiger partial charge < -0.3 is 10.2 Å². The van der Waals surface area contributed by atoms with Gasteiger partial charge in [-0.05, 0) is 79.8 Å². The van der Waals surface area contributed by atoms with Crippen LogP contribution in [0.1, 0.15) is 10.4 Å². The summed E-state index contributed by atoms with van der Waals surface area (Å²) >= 11 is 6.07. The minimum Gasteiger partial charge on any atom is -0.351 e. The van der Waals surface area contributed by atoms with E-state index in [1.807, 2.05) is 55.4 Å². The van der Waals surface area contributed by atoms with E-state index in [9.17, 15) is 9.59 Å². The zero-order chi connectivity index (χ0) is 25.2. The van der Waals surface area contributed by atoms with Gasteiger partial charge in [0.05, 0.1) is 11.0 Å². The number of carbonyl (C=O) groups is 1. The molecule has 0 aliphatic rings. The molecule has 0 unspecified atom stereocenters. The number of aromatic nitrogens is 2.